The quantitative estimate of drug-likeness (QED) is 0.816. The van der Waals surface area contributed by atoms with Gasteiger partial charge in [0.25, 0.3) is 0 Å². The van der Waals surface area contributed by atoms with Gasteiger partial charge in [0.15, 0.2) is 0 Å². The van der Waals surface area contributed by atoms with Crippen molar-refractivity contribution >= 4 is 17.0 Å². The topological polar surface area (TPSA) is 12.0 Å². The van der Waals surface area contributed by atoms with E-state index >= 15 is 0 Å². The smallest absolute Gasteiger partial charge is 0.0340 e. The van der Waals surface area contributed by atoms with Crippen LogP contribution in [0.4, 0.5) is 5.69 Å². The molecule has 0 amide bonds. The Kier molecular flexibility index (Phi) is 4.21. The molecular formula is C15H19NS. The minimum absolute atomic E-state index is 0.607. The zero-order valence-corrected chi connectivity index (χ0v) is 11.3. The molecule has 0 saturated heterocycles. The SMILES string of the molecule is CC(C)c1ccc(NCCc2cccs2)cc1. The highest BCUT2D eigenvalue weighted by atomic mass is 32.1. The van der Waals surface area contributed by atoms with Gasteiger partial charge in [-0.2, -0.15) is 0 Å². The van der Waals surface area contributed by atoms with E-state index in [1.807, 2.05) is 11.3 Å². The van der Waals surface area contributed by atoms with Crippen LogP contribution in [0.1, 0.15) is 30.2 Å². The van der Waals surface area contributed by atoms with Crippen LogP contribution in [0, 0.1) is 0 Å². The Bertz CT molecular complexity index is 428. The highest BCUT2D eigenvalue weighted by Crippen LogP contribution is 2.17. The summed E-state index contributed by atoms with van der Waals surface area (Å²) in [5.74, 6) is 0.607. The van der Waals surface area contributed by atoms with Crippen LogP contribution < -0.4 is 5.32 Å². The molecule has 1 nitrogen and oxygen atoms in total. The Labute approximate surface area is 108 Å². The summed E-state index contributed by atoms with van der Waals surface area (Å²) in [5, 5.41) is 5.59. The Morgan fingerprint density at radius 2 is 1.88 bits per heavy atom. The highest BCUT2D eigenvalue weighted by molar-refractivity contribution is 7.09. The van der Waals surface area contributed by atoms with Gasteiger partial charge in [0.1, 0.15) is 0 Å². The van der Waals surface area contributed by atoms with E-state index < -0.39 is 0 Å². The Hall–Kier alpha value is -1.28. The van der Waals surface area contributed by atoms with Crippen LogP contribution >= 0.6 is 11.3 Å². The molecule has 1 heterocycles. The second-order valence-electron chi connectivity index (χ2n) is 4.53. The first-order valence-electron chi connectivity index (χ1n) is 6.12. The fraction of sp³-hybridized carbons (Fsp3) is 0.333. The Morgan fingerprint density at radius 1 is 1.12 bits per heavy atom. The number of hydrogen-bond donors (Lipinski definition) is 1. The monoisotopic (exact) mass is 245 g/mol. The van der Waals surface area contributed by atoms with Crippen LogP contribution in [-0.2, 0) is 6.42 Å². The highest BCUT2D eigenvalue weighted by Gasteiger charge is 1.98. The lowest BCUT2D eigenvalue weighted by Crippen LogP contribution is -2.03. The molecule has 1 N–H and O–H groups in total. The van der Waals surface area contributed by atoms with Gasteiger partial charge in [-0.25, -0.2) is 0 Å². The third-order valence-corrected chi connectivity index (χ3v) is 3.79. The predicted octanol–water partition coefficient (Wildman–Crippen LogP) is 4.53. The predicted molar refractivity (Wildman–Crippen MR) is 77.0 cm³/mol. The van der Waals surface area contributed by atoms with Crippen LogP contribution in [0.2, 0.25) is 0 Å². The van der Waals surface area contributed by atoms with Gasteiger partial charge in [0.2, 0.25) is 0 Å². The molecule has 0 fully saturated rings. The van der Waals surface area contributed by atoms with E-state index in [1.54, 1.807) is 0 Å². The number of hydrogen-bond acceptors (Lipinski definition) is 2. The molecular weight excluding hydrogens is 226 g/mol. The summed E-state index contributed by atoms with van der Waals surface area (Å²) in [6.07, 6.45) is 1.10. The van der Waals surface area contributed by atoms with Crippen LogP contribution in [0.3, 0.4) is 0 Å². The molecule has 2 heteroatoms. The first-order valence-corrected chi connectivity index (χ1v) is 7.00. The largest absolute Gasteiger partial charge is 0.385 e. The average Bonchev–Trinajstić information content (AvgIpc) is 2.83. The molecule has 0 saturated carbocycles. The lowest BCUT2D eigenvalue weighted by molar-refractivity contribution is 0.866. The lowest BCUT2D eigenvalue weighted by atomic mass is 10.0. The van der Waals surface area contributed by atoms with Crippen molar-refractivity contribution in [1.29, 1.82) is 0 Å². The average molecular weight is 245 g/mol. The summed E-state index contributed by atoms with van der Waals surface area (Å²) in [6.45, 7) is 5.44. The van der Waals surface area contributed by atoms with E-state index in [9.17, 15) is 0 Å². The maximum Gasteiger partial charge on any atom is 0.0340 e. The van der Waals surface area contributed by atoms with E-state index in [0.717, 1.165) is 13.0 Å². The standard InChI is InChI=1S/C15H19NS/c1-12(2)13-5-7-14(8-6-13)16-10-9-15-4-3-11-17-15/h3-8,11-12,16H,9-10H2,1-2H3. The Morgan fingerprint density at radius 3 is 2.47 bits per heavy atom. The van der Waals surface area contributed by atoms with Gasteiger partial charge < -0.3 is 5.32 Å². The fourth-order valence-electron chi connectivity index (χ4n) is 1.77. The van der Waals surface area contributed by atoms with Gasteiger partial charge in [0, 0.05) is 17.1 Å². The molecule has 1 aromatic heterocycles. The zero-order chi connectivity index (χ0) is 12.1. The summed E-state index contributed by atoms with van der Waals surface area (Å²) in [5.41, 5.74) is 2.61. The van der Waals surface area contributed by atoms with Crippen molar-refractivity contribution in [2.24, 2.45) is 0 Å². The molecule has 2 rings (SSSR count). The third kappa shape index (κ3) is 3.60. The van der Waals surface area contributed by atoms with Gasteiger partial charge in [-0.3, -0.25) is 0 Å². The molecule has 0 spiro atoms. The van der Waals surface area contributed by atoms with Crippen LogP contribution in [0.5, 0.6) is 0 Å². The van der Waals surface area contributed by atoms with E-state index in [0.29, 0.717) is 5.92 Å². The van der Waals surface area contributed by atoms with Crippen LogP contribution in [0.25, 0.3) is 0 Å². The molecule has 0 aliphatic rings. The molecule has 0 aliphatic carbocycles. The molecule has 0 radical (unpaired) electrons. The van der Waals surface area contributed by atoms with Gasteiger partial charge in [-0.15, -0.1) is 11.3 Å². The maximum atomic E-state index is 3.46. The first-order chi connectivity index (χ1) is 8.25. The van der Waals surface area contributed by atoms with Crippen molar-refractivity contribution in [3.8, 4) is 0 Å². The van der Waals surface area contributed by atoms with Crippen LogP contribution in [-0.4, -0.2) is 6.54 Å². The summed E-state index contributed by atoms with van der Waals surface area (Å²) >= 11 is 1.82. The number of benzene rings is 1. The molecule has 0 bridgehead atoms. The molecule has 90 valence electrons. The fourth-order valence-corrected chi connectivity index (χ4v) is 2.48. The number of anilines is 1. The second-order valence-corrected chi connectivity index (χ2v) is 5.57. The van der Waals surface area contributed by atoms with Crippen LogP contribution in [0.15, 0.2) is 41.8 Å². The minimum Gasteiger partial charge on any atom is -0.385 e. The van der Waals surface area contributed by atoms with Crippen molar-refractivity contribution in [2.45, 2.75) is 26.2 Å². The molecule has 17 heavy (non-hydrogen) atoms. The number of nitrogens with one attached hydrogen (secondary N) is 1. The van der Waals surface area contributed by atoms with E-state index in [2.05, 4.69) is 60.9 Å². The maximum absolute atomic E-state index is 3.46. The van der Waals surface area contributed by atoms with Gasteiger partial charge >= 0.3 is 0 Å². The van der Waals surface area contributed by atoms with Gasteiger partial charge in [-0.1, -0.05) is 32.0 Å². The van der Waals surface area contributed by atoms with Gasteiger partial charge in [-0.05, 0) is 41.5 Å². The van der Waals surface area contributed by atoms with Gasteiger partial charge in [0.05, 0.1) is 0 Å². The molecule has 0 atom stereocenters. The van der Waals surface area contributed by atoms with Crippen molar-refractivity contribution in [1.82, 2.24) is 0 Å². The summed E-state index contributed by atoms with van der Waals surface area (Å²) < 4.78 is 0. The first kappa shape index (κ1) is 12.2. The molecule has 2 aromatic rings. The summed E-state index contributed by atoms with van der Waals surface area (Å²) in [6, 6.07) is 13.1. The lowest BCUT2D eigenvalue weighted by Gasteiger charge is -2.08. The van der Waals surface area contributed by atoms with Crippen molar-refractivity contribution in [2.75, 3.05) is 11.9 Å². The number of thiophene rings is 1. The summed E-state index contributed by atoms with van der Waals surface area (Å²) in [4.78, 5) is 1.44. The van der Waals surface area contributed by atoms with Crippen molar-refractivity contribution in [3.63, 3.8) is 0 Å². The number of rotatable bonds is 5. The Balaban J connectivity index is 1.83. The molecule has 0 unspecified atom stereocenters. The van der Waals surface area contributed by atoms with E-state index in [1.165, 1.54) is 16.1 Å². The second kappa shape index (κ2) is 5.87. The van der Waals surface area contributed by atoms with Crippen molar-refractivity contribution in [3.05, 3.63) is 52.2 Å². The van der Waals surface area contributed by atoms with E-state index in [4.69, 9.17) is 0 Å². The third-order valence-electron chi connectivity index (χ3n) is 2.86. The summed E-state index contributed by atoms with van der Waals surface area (Å²) in [7, 11) is 0. The molecule has 0 aliphatic heterocycles. The normalized spacial score (nSPS) is 10.8. The zero-order valence-electron chi connectivity index (χ0n) is 10.4. The van der Waals surface area contributed by atoms with E-state index in [-0.39, 0.29) is 0 Å². The van der Waals surface area contributed by atoms with Crippen molar-refractivity contribution < 1.29 is 0 Å². The molecule has 1 aromatic carbocycles. The minimum atomic E-state index is 0.607.